The number of allylic oxidation sites excluding steroid dienone is 15. The topological polar surface area (TPSA) is 149 Å². The molecule has 342 valence electrons. The van der Waals surface area contributed by atoms with Crippen LogP contribution in [0.3, 0.4) is 0 Å². The molecule has 0 spiro atoms. The van der Waals surface area contributed by atoms with E-state index in [1.807, 2.05) is 6.08 Å². The van der Waals surface area contributed by atoms with Crippen LogP contribution in [0.15, 0.2) is 97.2 Å². The van der Waals surface area contributed by atoms with Crippen molar-refractivity contribution in [2.75, 3.05) is 13.2 Å². The third-order valence-corrected chi connectivity index (χ3v) is 10.4. The number of rotatable bonds is 37. The van der Waals surface area contributed by atoms with Crippen LogP contribution in [0.25, 0.3) is 0 Å². The van der Waals surface area contributed by atoms with Crippen molar-refractivity contribution in [2.24, 2.45) is 0 Å². The Balaban J connectivity index is 2.31. The number of carbonyl (C=O) groups is 1. The molecule has 1 aliphatic heterocycles. The minimum Gasteiger partial charge on any atom is -0.394 e. The van der Waals surface area contributed by atoms with Crippen LogP contribution in [0.4, 0.5) is 0 Å². The van der Waals surface area contributed by atoms with Gasteiger partial charge in [-0.25, -0.2) is 0 Å². The summed E-state index contributed by atoms with van der Waals surface area (Å²) in [5.74, 6) is -0.205. The molecule has 1 heterocycles. The van der Waals surface area contributed by atoms with Gasteiger partial charge in [0.15, 0.2) is 6.29 Å². The highest BCUT2D eigenvalue weighted by atomic mass is 16.7. The molecule has 1 aliphatic rings. The average Bonchev–Trinajstić information content (AvgIpc) is 3.25. The van der Waals surface area contributed by atoms with E-state index in [1.54, 1.807) is 6.08 Å². The SMILES string of the molecule is CC/C=C\C/C=C\C/C=C\C/C=C\C/C=C\CCCCCCCCCCCC(=O)NC(COC1OC(CO)C(O)C(O)C1O)C(O)/C=C/CC/C=C/CC/C=C/CCCC. The second-order valence-electron chi connectivity index (χ2n) is 15.8. The maximum Gasteiger partial charge on any atom is 0.220 e. The van der Waals surface area contributed by atoms with Crippen LogP contribution in [0.2, 0.25) is 0 Å². The van der Waals surface area contributed by atoms with Crippen molar-refractivity contribution in [3.63, 3.8) is 0 Å². The van der Waals surface area contributed by atoms with E-state index in [0.717, 1.165) is 96.3 Å². The Kier molecular flexibility index (Phi) is 36.9. The first kappa shape index (κ1) is 55.1. The van der Waals surface area contributed by atoms with Gasteiger partial charge >= 0.3 is 0 Å². The Bertz CT molecular complexity index is 1250. The van der Waals surface area contributed by atoms with Crippen LogP contribution >= 0.6 is 0 Å². The second-order valence-corrected chi connectivity index (χ2v) is 15.8. The lowest BCUT2D eigenvalue weighted by Gasteiger charge is -2.40. The van der Waals surface area contributed by atoms with Crippen LogP contribution < -0.4 is 5.32 Å². The summed E-state index contributed by atoms with van der Waals surface area (Å²) in [5, 5.41) is 54.1. The first-order chi connectivity index (χ1) is 29.3. The molecule has 9 heteroatoms. The van der Waals surface area contributed by atoms with Gasteiger partial charge in [0.25, 0.3) is 0 Å². The van der Waals surface area contributed by atoms with E-state index in [1.165, 1.54) is 44.9 Å². The van der Waals surface area contributed by atoms with Gasteiger partial charge in [0.2, 0.25) is 5.91 Å². The smallest absolute Gasteiger partial charge is 0.220 e. The third kappa shape index (κ3) is 30.2. The molecule has 60 heavy (non-hydrogen) atoms. The Morgan fingerprint density at radius 3 is 1.60 bits per heavy atom. The molecule has 0 aromatic heterocycles. The molecule has 1 saturated heterocycles. The molecule has 0 saturated carbocycles. The van der Waals surface area contributed by atoms with Crippen molar-refractivity contribution in [2.45, 2.75) is 204 Å². The minimum atomic E-state index is -1.58. The maximum atomic E-state index is 13.0. The quantitative estimate of drug-likeness (QED) is 0.0268. The van der Waals surface area contributed by atoms with Crippen LogP contribution in [0.5, 0.6) is 0 Å². The Morgan fingerprint density at radius 1 is 0.583 bits per heavy atom. The molecule has 7 atom stereocenters. The number of amides is 1. The third-order valence-electron chi connectivity index (χ3n) is 10.4. The van der Waals surface area contributed by atoms with E-state index in [4.69, 9.17) is 9.47 Å². The van der Waals surface area contributed by atoms with Crippen LogP contribution in [0.1, 0.15) is 162 Å². The van der Waals surface area contributed by atoms with Crippen molar-refractivity contribution in [3.05, 3.63) is 97.2 Å². The molecule has 1 rings (SSSR count). The predicted octanol–water partition coefficient (Wildman–Crippen LogP) is 10.1. The fourth-order valence-corrected chi connectivity index (χ4v) is 6.61. The molecule has 0 radical (unpaired) electrons. The normalized spacial score (nSPS) is 21.5. The van der Waals surface area contributed by atoms with Gasteiger partial charge in [-0.1, -0.05) is 169 Å². The number of unbranched alkanes of at least 4 members (excludes halogenated alkanes) is 13. The van der Waals surface area contributed by atoms with Crippen molar-refractivity contribution in [1.29, 1.82) is 0 Å². The number of aliphatic hydroxyl groups is 5. The minimum absolute atomic E-state index is 0.205. The lowest BCUT2D eigenvalue weighted by Crippen LogP contribution is -2.60. The van der Waals surface area contributed by atoms with E-state index in [-0.39, 0.29) is 12.5 Å². The zero-order valence-corrected chi connectivity index (χ0v) is 37.4. The Labute approximate surface area is 364 Å². The summed E-state index contributed by atoms with van der Waals surface area (Å²) in [6, 6.07) is -0.836. The number of aliphatic hydroxyl groups excluding tert-OH is 5. The number of ether oxygens (including phenoxy) is 2. The number of hydrogen-bond donors (Lipinski definition) is 6. The van der Waals surface area contributed by atoms with Crippen molar-refractivity contribution in [3.8, 4) is 0 Å². The van der Waals surface area contributed by atoms with Crippen molar-refractivity contribution >= 4 is 5.91 Å². The summed E-state index contributed by atoms with van der Waals surface area (Å²) in [4.78, 5) is 13.0. The molecular formula is C51H85NO8. The summed E-state index contributed by atoms with van der Waals surface area (Å²) >= 11 is 0. The highest BCUT2D eigenvalue weighted by Gasteiger charge is 2.44. The fourth-order valence-electron chi connectivity index (χ4n) is 6.61. The van der Waals surface area contributed by atoms with E-state index in [2.05, 4.69) is 104 Å². The number of nitrogens with one attached hydrogen (secondary N) is 1. The summed E-state index contributed by atoms with van der Waals surface area (Å²) in [6.45, 7) is 3.56. The highest BCUT2D eigenvalue weighted by Crippen LogP contribution is 2.22. The van der Waals surface area contributed by atoms with Crippen LogP contribution in [0, 0.1) is 0 Å². The van der Waals surface area contributed by atoms with Crippen molar-refractivity contribution in [1.82, 2.24) is 5.32 Å². The second kappa shape index (κ2) is 40.2. The lowest BCUT2D eigenvalue weighted by atomic mass is 9.99. The molecule has 0 aromatic rings. The molecule has 7 unspecified atom stereocenters. The maximum absolute atomic E-state index is 13.0. The van der Waals surface area contributed by atoms with Crippen molar-refractivity contribution < 1.29 is 39.8 Å². The van der Waals surface area contributed by atoms with Gasteiger partial charge in [0.05, 0.1) is 25.4 Å². The Morgan fingerprint density at radius 2 is 1.05 bits per heavy atom. The average molecular weight is 840 g/mol. The zero-order valence-electron chi connectivity index (χ0n) is 37.4. The summed E-state index contributed by atoms with van der Waals surface area (Å²) < 4.78 is 11.2. The summed E-state index contributed by atoms with van der Waals surface area (Å²) in [5.41, 5.74) is 0. The monoisotopic (exact) mass is 840 g/mol. The molecule has 9 nitrogen and oxygen atoms in total. The number of hydrogen-bond acceptors (Lipinski definition) is 8. The van der Waals surface area contributed by atoms with E-state index in [0.29, 0.717) is 6.42 Å². The van der Waals surface area contributed by atoms with Crippen LogP contribution in [-0.4, -0.2) is 87.5 Å². The summed E-state index contributed by atoms with van der Waals surface area (Å²) in [6.07, 6.45) is 50.2. The lowest BCUT2D eigenvalue weighted by molar-refractivity contribution is -0.302. The molecule has 0 bridgehead atoms. The molecule has 0 aromatic carbocycles. The van der Waals surface area contributed by atoms with Gasteiger partial charge in [-0.05, 0) is 83.5 Å². The molecule has 6 N–H and O–H groups in total. The van der Waals surface area contributed by atoms with Gasteiger partial charge in [-0.2, -0.15) is 0 Å². The fraction of sp³-hybridized carbons (Fsp3) is 0.667. The predicted molar refractivity (Wildman–Crippen MR) is 248 cm³/mol. The molecule has 0 aliphatic carbocycles. The van der Waals surface area contributed by atoms with Gasteiger partial charge in [0.1, 0.15) is 24.4 Å². The van der Waals surface area contributed by atoms with Gasteiger partial charge in [0, 0.05) is 6.42 Å². The highest BCUT2D eigenvalue weighted by molar-refractivity contribution is 5.76. The van der Waals surface area contributed by atoms with Gasteiger partial charge in [-0.3, -0.25) is 4.79 Å². The van der Waals surface area contributed by atoms with Crippen LogP contribution in [-0.2, 0) is 14.3 Å². The van der Waals surface area contributed by atoms with Gasteiger partial charge < -0.3 is 40.3 Å². The Hall–Kier alpha value is -2.89. The van der Waals surface area contributed by atoms with Gasteiger partial charge in [-0.15, -0.1) is 0 Å². The largest absolute Gasteiger partial charge is 0.394 e. The van der Waals surface area contributed by atoms with E-state index >= 15 is 0 Å². The summed E-state index contributed by atoms with van der Waals surface area (Å²) in [7, 11) is 0. The van der Waals surface area contributed by atoms with E-state index in [9.17, 15) is 30.3 Å². The standard InChI is InChI=1S/C51H85NO8/c1-3-5-7-9-11-13-15-17-18-19-20-21-22-23-24-25-26-27-28-29-31-33-35-37-39-41-47(55)52-44(43-59-51-50(58)49(57)48(56)46(42-53)60-51)45(54)40-38-36-34-32-30-16-14-12-10-8-6-4-2/h5,7,10-13,17-18,20-21,23-24,30,32,38,40,44-46,48-51,53-54,56-58H,3-4,6,8-9,14-16,19,22,25-29,31,33-37,39,41-43H2,1-2H3,(H,52,55)/b7-5-,12-10+,13-11-,18-17-,21-20-,24-23-,32-30+,40-38+. The molecular weight excluding hydrogens is 755 g/mol. The molecule has 1 amide bonds. The number of carbonyl (C=O) groups excluding carboxylic acids is 1. The van der Waals surface area contributed by atoms with E-state index < -0.39 is 49.5 Å². The molecule has 1 fully saturated rings. The first-order valence-electron chi connectivity index (χ1n) is 23.5. The first-order valence-corrected chi connectivity index (χ1v) is 23.5. The zero-order chi connectivity index (χ0) is 43.7.